The van der Waals surface area contributed by atoms with Crippen molar-refractivity contribution in [3.63, 3.8) is 0 Å². The van der Waals surface area contributed by atoms with E-state index in [-0.39, 0.29) is 0 Å². The van der Waals surface area contributed by atoms with E-state index in [1.807, 2.05) is 0 Å². The summed E-state index contributed by atoms with van der Waals surface area (Å²) >= 11 is 1.42. The van der Waals surface area contributed by atoms with Gasteiger partial charge in [0.25, 0.3) is 0 Å². The molecule has 25 heavy (non-hydrogen) atoms. The summed E-state index contributed by atoms with van der Waals surface area (Å²) in [6.07, 6.45) is 9.82. The SMILES string of the molecule is Nc1nnc(-c2ccc(N3CCC(OC4CCCCC4)CC3)cc2)s1. The van der Waals surface area contributed by atoms with Crippen molar-refractivity contribution in [2.24, 2.45) is 0 Å². The maximum atomic E-state index is 6.34. The molecular formula is C19H26N4OS. The minimum atomic E-state index is 0.447. The molecule has 6 heteroatoms. The van der Waals surface area contributed by atoms with Crippen molar-refractivity contribution < 1.29 is 4.74 Å². The number of ether oxygens (including phenoxy) is 1. The van der Waals surface area contributed by atoms with Crippen LogP contribution in [0.15, 0.2) is 24.3 Å². The fraction of sp³-hybridized carbons (Fsp3) is 0.579. The molecule has 4 rings (SSSR count). The van der Waals surface area contributed by atoms with Gasteiger partial charge < -0.3 is 15.4 Å². The first-order valence-corrected chi connectivity index (χ1v) is 10.2. The number of hydrogen-bond acceptors (Lipinski definition) is 6. The smallest absolute Gasteiger partial charge is 0.203 e. The highest BCUT2D eigenvalue weighted by atomic mass is 32.1. The zero-order valence-electron chi connectivity index (χ0n) is 14.6. The average Bonchev–Trinajstić information content (AvgIpc) is 3.10. The van der Waals surface area contributed by atoms with Crippen LogP contribution in [-0.4, -0.2) is 35.5 Å². The molecule has 1 aliphatic carbocycles. The van der Waals surface area contributed by atoms with Crippen molar-refractivity contribution in [1.82, 2.24) is 10.2 Å². The molecule has 2 N–H and O–H groups in total. The Morgan fingerprint density at radius 2 is 1.60 bits per heavy atom. The standard InChI is InChI=1S/C19H26N4OS/c20-19-22-21-18(25-19)14-6-8-15(9-7-14)23-12-10-17(11-13-23)24-16-4-2-1-3-5-16/h6-9,16-17H,1-5,10-13H2,(H2,20,22). The number of piperidine rings is 1. The Morgan fingerprint density at radius 1 is 0.920 bits per heavy atom. The molecule has 0 amide bonds. The second kappa shape index (κ2) is 7.70. The predicted molar refractivity (Wildman–Crippen MR) is 103 cm³/mol. The van der Waals surface area contributed by atoms with Gasteiger partial charge >= 0.3 is 0 Å². The van der Waals surface area contributed by atoms with Crippen LogP contribution in [0.5, 0.6) is 0 Å². The van der Waals surface area contributed by atoms with E-state index in [1.54, 1.807) is 0 Å². The van der Waals surface area contributed by atoms with E-state index in [9.17, 15) is 0 Å². The molecule has 1 aliphatic heterocycles. The van der Waals surface area contributed by atoms with Crippen LogP contribution in [0.3, 0.4) is 0 Å². The van der Waals surface area contributed by atoms with Crippen LogP contribution in [0, 0.1) is 0 Å². The lowest BCUT2D eigenvalue weighted by Gasteiger charge is -2.36. The lowest BCUT2D eigenvalue weighted by molar-refractivity contribution is -0.0395. The number of hydrogen-bond donors (Lipinski definition) is 1. The summed E-state index contributed by atoms with van der Waals surface area (Å²) in [5.41, 5.74) is 8.02. The molecule has 0 radical (unpaired) electrons. The first kappa shape index (κ1) is 16.8. The third-order valence-electron chi connectivity index (χ3n) is 5.30. The van der Waals surface area contributed by atoms with Crippen LogP contribution in [0.1, 0.15) is 44.9 Å². The van der Waals surface area contributed by atoms with Gasteiger partial charge in [0, 0.05) is 24.3 Å². The first-order valence-electron chi connectivity index (χ1n) is 9.38. The van der Waals surface area contributed by atoms with E-state index in [4.69, 9.17) is 10.5 Å². The highest BCUT2D eigenvalue weighted by Gasteiger charge is 2.24. The molecule has 0 spiro atoms. The van der Waals surface area contributed by atoms with Gasteiger partial charge in [0.15, 0.2) is 0 Å². The number of nitrogen functional groups attached to an aromatic ring is 1. The summed E-state index contributed by atoms with van der Waals surface area (Å²) in [6, 6.07) is 8.57. The maximum Gasteiger partial charge on any atom is 0.203 e. The Kier molecular flexibility index (Phi) is 5.17. The molecule has 0 bridgehead atoms. The van der Waals surface area contributed by atoms with Crippen LogP contribution in [0.2, 0.25) is 0 Å². The van der Waals surface area contributed by atoms with E-state index in [1.165, 1.54) is 49.1 Å². The molecule has 5 nitrogen and oxygen atoms in total. The van der Waals surface area contributed by atoms with Gasteiger partial charge in [-0.2, -0.15) is 0 Å². The fourth-order valence-electron chi connectivity index (χ4n) is 3.89. The Bertz CT molecular complexity index is 673. The van der Waals surface area contributed by atoms with E-state index in [0.717, 1.165) is 36.5 Å². The number of nitrogens with zero attached hydrogens (tertiary/aromatic N) is 3. The Hall–Kier alpha value is -1.66. The number of nitrogens with two attached hydrogens (primary N) is 1. The minimum Gasteiger partial charge on any atom is -0.375 e. The first-order chi connectivity index (χ1) is 12.3. The van der Waals surface area contributed by atoms with Crippen LogP contribution >= 0.6 is 11.3 Å². The summed E-state index contributed by atoms with van der Waals surface area (Å²) in [5, 5.41) is 9.38. The molecule has 1 aromatic carbocycles. The Balaban J connectivity index is 1.31. The van der Waals surface area contributed by atoms with Crippen molar-refractivity contribution in [3.8, 4) is 10.6 Å². The van der Waals surface area contributed by atoms with Gasteiger partial charge in [0.2, 0.25) is 5.13 Å². The lowest BCUT2D eigenvalue weighted by Crippen LogP contribution is -2.38. The van der Waals surface area contributed by atoms with Crippen LogP contribution in [0.4, 0.5) is 10.8 Å². The molecule has 2 aromatic rings. The third kappa shape index (κ3) is 4.12. The largest absolute Gasteiger partial charge is 0.375 e. The minimum absolute atomic E-state index is 0.447. The van der Waals surface area contributed by atoms with Crippen molar-refractivity contribution in [1.29, 1.82) is 0 Å². The van der Waals surface area contributed by atoms with Crippen molar-refractivity contribution in [2.45, 2.75) is 57.2 Å². The molecular weight excluding hydrogens is 332 g/mol. The van der Waals surface area contributed by atoms with Crippen molar-refractivity contribution in [2.75, 3.05) is 23.7 Å². The number of rotatable bonds is 4. The van der Waals surface area contributed by atoms with Gasteiger partial charge in [-0.15, -0.1) is 10.2 Å². The molecule has 134 valence electrons. The highest BCUT2D eigenvalue weighted by Crippen LogP contribution is 2.29. The molecule has 1 saturated carbocycles. The van der Waals surface area contributed by atoms with E-state index < -0.39 is 0 Å². The summed E-state index contributed by atoms with van der Waals surface area (Å²) in [7, 11) is 0. The third-order valence-corrected chi connectivity index (χ3v) is 6.10. The van der Waals surface area contributed by atoms with Gasteiger partial charge in [-0.3, -0.25) is 0 Å². The lowest BCUT2D eigenvalue weighted by atomic mass is 9.97. The number of aromatic nitrogens is 2. The topological polar surface area (TPSA) is 64.3 Å². The Morgan fingerprint density at radius 3 is 2.24 bits per heavy atom. The van der Waals surface area contributed by atoms with Gasteiger partial charge in [-0.25, -0.2) is 0 Å². The van der Waals surface area contributed by atoms with E-state index in [0.29, 0.717) is 17.3 Å². The van der Waals surface area contributed by atoms with Crippen LogP contribution < -0.4 is 10.6 Å². The van der Waals surface area contributed by atoms with E-state index >= 15 is 0 Å². The van der Waals surface area contributed by atoms with Gasteiger partial charge in [-0.05, 0) is 49.9 Å². The maximum absolute atomic E-state index is 6.34. The summed E-state index contributed by atoms with van der Waals surface area (Å²) in [6.45, 7) is 2.14. The normalized spacial score (nSPS) is 20.1. The summed E-state index contributed by atoms with van der Waals surface area (Å²) in [4.78, 5) is 2.46. The van der Waals surface area contributed by atoms with Crippen molar-refractivity contribution >= 4 is 22.2 Å². The monoisotopic (exact) mass is 358 g/mol. The molecule has 1 aromatic heterocycles. The van der Waals surface area contributed by atoms with Crippen LogP contribution in [-0.2, 0) is 4.74 Å². The Labute approximate surface area is 153 Å². The number of benzene rings is 1. The zero-order valence-corrected chi connectivity index (χ0v) is 15.4. The van der Waals surface area contributed by atoms with Crippen molar-refractivity contribution in [3.05, 3.63) is 24.3 Å². The van der Waals surface area contributed by atoms with Crippen LogP contribution in [0.25, 0.3) is 10.6 Å². The average molecular weight is 359 g/mol. The molecule has 0 atom stereocenters. The highest BCUT2D eigenvalue weighted by molar-refractivity contribution is 7.18. The quantitative estimate of drug-likeness (QED) is 0.891. The second-order valence-electron chi connectivity index (χ2n) is 7.07. The zero-order chi connectivity index (χ0) is 17.1. The molecule has 2 aliphatic rings. The molecule has 1 saturated heterocycles. The fourth-order valence-corrected chi connectivity index (χ4v) is 4.50. The number of anilines is 2. The van der Waals surface area contributed by atoms with Gasteiger partial charge in [0.1, 0.15) is 5.01 Å². The van der Waals surface area contributed by atoms with Gasteiger partial charge in [0.05, 0.1) is 12.2 Å². The molecule has 2 heterocycles. The second-order valence-corrected chi connectivity index (χ2v) is 8.08. The van der Waals surface area contributed by atoms with Gasteiger partial charge in [-0.1, -0.05) is 30.6 Å². The summed E-state index contributed by atoms with van der Waals surface area (Å²) < 4.78 is 6.34. The molecule has 2 fully saturated rings. The van der Waals surface area contributed by atoms with E-state index in [2.05, 4.69) is 39.4 Å². The predicted octanol–water partition coefficient (Wildman–Crippen LogP) is 4.11. The molecule has 0 unspecified atom stereocenters. The summed E-state index contributed by atoms with van der Waals surface area (Å²) in [5.74, 6) is 0.